The molecule has 0 radical (unpaired) electrons. The Bertz CT molecular complexity index is 1060. The fraction of sp³-hybridized carbons (Fsp3) is 0.903. The van der Waals surface area contributed by atoms with E-state index in [-0.39, 0.29) is 18.5 Å². The normalized spacial score (nSPS) is 12.7. The maximum Gasteiger partial charge on any atom is 0.305 e. The van der Waals surface area contributed by atoms with E-state index in [2.05, 4.69) is 31.3 Å². The van der Waals surface area contributed by atoms with E-state index >= 15 is 0 Å². The molecule has 0 fully saturated rings. The van der Waals surface area contributed by atoms with Gasteiger partial charge in [0.25, 0.3) is 0 Å². The standard InChI is InChI=1S/C62H119NO5/c1-3-5-7-9-11-13-15-17-19-21-23-28-32-36-40-44-48-52-56-62(67)68-57-53-49-45-41-37-33-29-25-24-27-31-35-39-43-47-51-55-61(66)63-59(58-64)60(65)54-50-46-42-38-34-30-26-22-20-18-16-14-12-10-8-6-4-2/h19,21,50,54,59-60,64-65H,3-18,20,22-49,51-53,55-58H2,1-2H3,(H,63,66)/b21-19-,54-50+. The third-order valence-electron chi connectivity index (χ3n) is 14.2. The van der Waals surface area contributed by atoms with Crippen molar-refractivity contribution in [3.05, 3.63) is 24.3 Å². The number of allylic oxidation sites excluding steroid dienone is 3. The van der Waals surface area contributed by atoms with Crippen LogP contribution in [0, 0.1) is 0 Å². The number of ether oxygens (including phenoxy) is 1. The molecule has 0 aliphatic rings. The minimum Gasteiger partial charge on any atom is -0.466 e. The van der Waals surface area contributed by atoms with Crippen molar-refractivity contribution in [1.82, 2.24) is 5.32 Å². The fourth-order valence-corrected chi connectivity index (χ4v) is 9.51. The summed E-state index contributed by atoms with van der Waals surface area (Å²) in [5.74, 6) is -0.0729. The molecule has 2 atom stereocenters. The first-order chi connectivity index (χ1) is 33.5. The smallest absolute Gasteiger partial charge is 0.305 e. The Labute approximate surface area is 424 Å². The second-order valence-electron chi connectivity index (χ2n) is 21.0. The van der Waals surface area contributed by atoms with Crippen molar-refractivity contribution >= 4 is 11.9 Å². The van der Waals surface area contributed by atoms with Crippen LogP contribution in [0.15, 0.2) is 24.3 Å². The van der Waals surface area contributed by atoms with E-state index in [0.717, 1.165) is 44.9 Å². The van der Waals surface area contributed by atoms with Crippen LogP contribution in [0.2, 0.25) is 0 Å². The van der Waals surface area contributed by atoms with Crippen LogP contribution in [0.3, 0.4) is 0 Å². The van der Waals surface area contributed by atoms with Crippen LogP contribution in [-0.2, 0) is 14.3 Å². The van der Waals surface area contributed by atoms with Crippen LogP contribution in [0.4, 0.5) is 0 Å². The van der Waals surface area contributed by atoms with Gasteiger partial charge < -0.3 is 20.3 Å². The van der Waals surface area contributed by atoms with Crippen LogP contribution in [0.25, 0.3) is 0 Å². The molecular weight excluding hydrogens is 839 g/mol. The molecule has 0 saturated carbocycles. The van der Waals surface area contributed by atoms with Gasteiger partial charge >= 0.3 is 5.97 Å². The highest BCUT2D eigenvalue weighted by Crippen LogP contribution is 2.17. The van der Waals surface area contributed by atoms with E-state index in [4.69, 9.17) is 4.74 Å². The summed E-state index contributed by atoms with van der Waals surface area (Å²) in [4.78, 5) is 24.6. The molecule has 0 rings (SSSR count). The second kappa shape index (κ2) is 57.9. The number of hydrogen-bond acceptors (Lipinski definition) is 5. The molecule has 1 amide bonds. The van der Waals surface area contributed by atoms with Gasteiger partial charge in [-0.25, -0.2) is 0 Å². The maximum atomic E-state index is 12.5. The van der Waals surface area contributed by atoms with Crippen LogP contribution in [-0.4, -0.2) is 47.4 Å². The van der Waals surface area contributed by atoms with Crippen molar-refractivity contribution in [3.8, 4) is 0 Å². The van der Waals surface area contributed by atoms with E-state index in [1.165, 1.54) is 263 Å². The second-order valence-corrected chi connectivity index (χ2v) is 21.0. The van der Waals surface area contributed by atoms with Crippen LogP contribution in [0.5, 0.6) is 0 Å². The summed E-state index contributed by atoms with van der Waals surface area (Å²) in [6, 6.07) is -0.633. The Morgan fingerprint density at radius 2 is 0.691 bits per heavy atom. The minimum atomic E-state index is -0.849. The lowest BCUT2D eigenvalue weighted by Crippen LogP contribution is -2.45. The molecule has 0 aliphatic carbocycles. The molecular formula is C62H119NO5. The number of carbonyl (C=O) groups is 2. The first-order valence-corrected chi connectivity index (χ1v) is 30.6. The highest BCUT2D eigenvalue weighted by molar-refractivity contribution is 5.76. The largest absolute Gasteiger partial charge is 0.466 e. The van der Waals surface area contributed by atoms with E-state index in [0.29, 0.717) is 19.4 Å². The first-order valence-electron chi connectivity index (χ1n) is 30.6. The summed E-state index contributed by atoms with van der Waals surface area (Å²) in [5, 5.41) is 23.1. The lowest BCUT2D eigenvalue weighted by atomic mass is 10.0. The summed E-state index contributed by atoms with van der Waals surface area (Å²) >= 11 is 0. The van der Waals surface area contributed by atoms with Gasteiger partial charge in [0.05, 0.1) is 25.4 Å². The zero-order chi connectivity index (χ0) is 49.3. The van der Waals surface area contributed by atoms with E-state index in [1.807, 2.05) is 6.08 Å². The molecule has 6 heteroatoms. The first kappa shape index (κ1) is 66.3. The lowest BCUT2D eigenvalue weighted by molar-refractivity contribution is -0.143. The Balaban J connectivity index is 3.44. The zero-order valence-electron chi connectivity index (χ0n) is 45.9. The van der Waals surface area contributed by atoms with E-state index in [9.17, 15) is 19.8 Å². The van der Waals surface area contributed by atoms with Gasteiger partial charge in [-0.2, -0.15) is 0 Å². The van der Waals surface area contributed by atoms with E-state index < -0.39 is 12.1 Å². The van der Waals surface area contributed by atoms with Gasteiger partial charge in [-0.3, -0.25) is 9.59 Å². The van der Waals surface area contributed by atoms with Crippen LogP contribution in [0.1, 0.15) is 335 Å². The zero-order valence-corrected chi connectivity index (χ0v) is 45.9. The topological polar surface area (TPSA) is 95.9 Å². The molecule has 0 aromatic rings. The predicted octanol–water partition coefficient (Wildman–Crippen LogP) is 19.0. The summed E-state index contributed by atoms with van der Waals surface area (Å²) in [6.45, 7) is 4.91. The summed E-state index contributed by atoms with van der Waals surface area (Å²) in [6.07, 6.45) is 70.6. The Kier molecular flexibility index (Phi) is 56.5. The predicted molar refractivity (Wildman–Crippen MR) is 296 cm³/mol. The SMILES string of the molecule is CCCCCCCCC/C=C\CCCCCCCCCC(=O)OCCCCCCCCCCCCCCCCCCC(=O)NC(CO)C(O)/C=C/CCCCCCCCCCCCCCCCC. The fourth-order valence-electron chi connectivity index (χ4n) is 9.51. The maximum absolute atomic E-state index is 12.5. The number of hydrogen-bond donors (Lipinski definition) is 3. The molecule has 0 saturated heterocycles. The minimum absolute atomic E-state index is 0.000255. The average molecular weight is 959 g/mol. The highest BCUT2D eigenvalue weighted by Gasteiger charge is 2.18. The van der Waals surface area contributed by atoms with Crippen LogP contribution < -0.4 is 5.32 Å². The quantitative estimate of drug-likeness (QED) is 0.0321. The van der Waals surface area contributed by atoms with Gasteiger partial charge in [0.1, 0.15) is 0 Å². The van der Waals surface area contributed by atoms with Crippen molar-refractivity contribution in [2.75, 3.05) is 13.2 Å². The third-order valence-corrected chi connectivity index (χ3v) is 14.2. The van der Waals surface area contributed by atoms with E-state index in [1.54, 1.807) is 6.08 Å². The molecule has 3 N–H and O–H groups in total. The van der Waals surface area contributed by atoms with Gasteiger partial charge in [-0.15, -0.1) is 0 Å². The van der Waals surface area contributed by atoms with Gasteiger partial charge in [0, 0.05) is 12.8 Å². The van der Waals surface area contributed by atoms with Gasteiger partial charge in [0.2, 0.25) is 5.91 Å². The Morgan fingerprint density at radius 3 is 1.04 bits per heavy atom. The molecule has 6 nitrogen and oxygen atoms in total. The lowest BCUT2D eigenvalue weighted by Gasteiger charge is -2.20. The van der Waals surface area contributed by atoms with Crippen LogP contribution >= 0.6 is 0 Å². The number of unbranched alkanes of at least 4 members (excludes halogenated alkanes) is 44. The Hall–Kier alpha value is -1.66. The number of amides is 1. The molecule has 0 aromatic heterocycles. The van der Waals surface area contributed by atoms with Crippen molar-refractivity contribution in [2.45, 2.75) is 347 Å². The molecule has 68 heavy (non-hydrogen) atoms. The molecule has 0 aliphatic heterocycles. The molecule has 0 spiro atoms. The van der Waals surface area contributed by atoms with Crippen molar-refractivity contribution in [2.24, 2.45) is 0 Å². The number of nitrogens with one attached hydrogen (secondary N) is 1. The van der Waals surface area contributed by atoms with Crippen molar-refractivity contribution < 1.29 is 24.5 Å². The average Bonchev–Trinajstić information content (AvgIpc) is 3.34. The monoisotopic (exact) mass is 958 g/mol. The highest BCUT2D eigenvalue weighted by atomic mass is 16.5. The molecule has 2 unspecified atom stereocenters. The molecule has 0 aromatic carbocycles. The summed E-state index contributed by atoms with van der Waals surface area (Å²) in [5.41, 5.74) is 0. The van der Waals surface area contributed by atoms with Crippen molar-refractivity contribution in [3.63, 3.8) is 0 Å². The molecule has 402 valence electrons. The number of carbonyl (C=O) groups excluding carboxylic acids is 2. The number of rotatable bonds is 57. The molecule has 0 bridgehead atoms. The van der Waals surface area contributed by atoms with Gasteiger partial charge in [-0.1, -0.05) is 289 Å². The third kappa shape index (κ3) is 53.7. The van der Waals surface area contributed by atoms with Gasteiger partial charge in [0.15, 0.2) is 0 Å². The van der Waals surface area contributed by atoms with Gasteiger partial charge in [-0.05, 0) is 57.8 Å². The Morgan fingerprint density at radius 1 is 0.397 bits per heavy atom. The number of aliphatic hydroxyl groups excluding tert-OH is 2. The summed E-state index contributed by atoms with van der Waals surface area (Å²) in [7, 11) is 0. The van der Waals surface area contributed by atoms with Crippen molar-refractivity contribution in [1.29, 1.82) is 0 Å². The molecule has 0 heterocycles. The summed E-state index contributed by atoms with van der Waals surface area (Å²) < 4.78 is 5.49. The number of aliphatic hydroxyl groups is 2. The number of esters is 1.